The molecule has 2 rings (SSSR count). The van der Waals surface area contributed by atoms with E-state index in [-0.39, 0.29) is 17.5 Å². The van der Waals surface area contributed by atoms with Crippen molar-refractivity contribution < 1.29 is 4.79 Å². The van der Waals surface area contributed by atoms with Gasteiger partial charge in [-0.1, -0.05) is 20.3 Å². The molecule has 0 bridgehead atoms. The van der Waals surface area contributed by atoms with Gasteiger partial charge in [0.25, 0.3) is 0 Å². The Morgan fingerprint density at radius 1 is 1.44 bits per heavy atom. The minimum absolute atomic E-state index is 0.110. The Morgan fingerprint density at radius 2 is 2.17 bits per heavy atom. The molecular formula is C14H27N3O. The number of hydrogen-bond acceptors (Lipinski definition) is 2. The SMILES string of the molecule is CC(C)C(C)NC(=O)N1CC[C@@]2(CN)CCC[C@@H]12. The number of nitrogens with zero attached hydrogens (tertiary/aromatic N) is 1. The summed E-state index contributed by atoms with van der Waals surface area (Å²) in [6, 6.07) is 0.715. The molecule has 1 aliphatic carbocycles. The van der Waals surface area contributed by atoms with Crippen LogP contribution in [0.2, 0.25) is 0 Å². The minimum Gasteiger partial charge on any atom is -0.335 e. The maximum Gasteiger partial charge on any atom is 0.317 e. The van der Waals surface area contributed by atoms with E-state index in [0.717, 1.165) is 25.9 Å². The van der Waals surface area contributed by atoms with Crippen LogP contribution in [0, 0.1) is 11.3 Å². The number of hydrogen-bond donors (Lipinski definition) is 2. The molecule has 0 aromatic carbocycles. The number of likely N-dealkylation sites (tertiary alicyclic amines) is 1. The predicted octanol–water partition coefficient (Wildman–Crippen LogP) is 1.94. The molecule has 18 heavy (non-hydrogen) atoms. The molecule has 104 valence electrons. The van der Waals surface area contributed by atoms with Crippen molar-refractivity contribution >= 4 is 6.03 Å². The van der Waals surface area contributed by atoms with Gasteiger partial charge in [-0.05, 0) is 38.6 Å². The Morgan fingerprint density at radius 3 is 2.78 bits per heavy atom. The third-order valence-electron chi connectivity index (χ3n) is 5.10. The van der Waals surface area contributed by atoms with Crippen LogP contribution in [0.4, 0.5) is 4.79 Å². The molecule has 4 heteroatoms. The highest BCUT2D eigenvalue weighted by Crippen LogP contribution is 2.47. The second-order valence-corrected chi connectivity index (χ2v) is 6.40. The summed E-state index contributed by atoms with van der Waals surface area (Å²) >= 11 is 0. The molecule has 2 fully saturated rings. The third kappa shape index (κ3) is 2.22. The van der Waals surface area contributed by atoms with Gasteiger partial charge in [-0.25, -0.2) is 4.79 Å². The number of nitrogens with two attached hydrogens (primary N) is 1. The van der Waals surface area contributed by atoms with Crippen LogP contribution in [0.15, 0.2) is 0 Å². The number of urea groups is 1. The van der Waals surface area contributed by atoms with Gasteiger partial charge in [-0.15, -0.1) is 0 Å². The fourth-order valence-corrected chi connectivity index (χ4v) is 3.42. The van der Waals surface area contributed by atoms with Gasteiger partial charge in [-0.2, -0.15) is 0 Å². The molecule has 1 saturated carbocycles. The van der Waals surface area contributed by atoms with Gasteiger partial charge < -0.3 is 16.0 Å². The largest absolute Gasteiger partial charge is 0.335 e. The summed E-state index contributed by atoms with van der Waals surface area (Å²) < 4.78 is 0. The normalized spacial score (nSPS) is 32.7. The molecule has 2 amide bonds. The number of fused-ring (bicyclic) bond motifs is 1. The zero-order valence-corrected chi connectivity index (χ0v) is 11.9. The topological polar surface area (TPSA) is 58.4 Å². The summed E-state index contributed by atoms with van der Waals surface area (Å²) in [6.45, 7) is 7.94. The molecule has 1 aliphatic heterocycles. The fraction of sp³-hybridized carbons (Fsp3) is 0.929. The van der Waals surface area contributed by atoms with Crippen molar-refractivity contribution in [1.29, 1.82) is 0 Å². The molecule has 3 atom stereocenters. The van der Waals surface area contributed by atoms with Crippen LogP contribution in [0.5, 0.6) is 0 Å². The monoisotopic (exact) mass is 253 g/mol. The molecule has 1 saturated heterocycles. The lowest BCUT2D eigenvalue weighted by atomic mass is 9.82. The second kappa shape index (κ2) is 5.08. The van der Waals surface area contributed by atoms with E-state index in [4.69, 9.17) is 5.73 Å². The Bertz CT molecular complexity index is 318. The van der Waals surface area contributed by atoms with Gasteiger partial charge in [0, 0.05) is 24.0 Å². The van der Waals surface area contributed by atoms with Gasteiger partial charge in [0.2, 0.25) is 0 Å². The third-order valence-corrected chi connectivity index (χ3v) is 5.10. The molecule has 0 radical (unpaired) electrons. The zero-order valence-electron chi connectivity index (χ0n) is 11.9. The average molecular weight is 253 g/mol. The number of rotatable bonds is 3. The second-order valence-electron chi connectivity index (χ2n) is 6.40. The summed E-state index contributed by atoms with van der Waals surface area (Å²) in [6.07, 6.45) is 4.61. The maximum absolute atomic E-state index is 12.3. The first-order chi connectivity index (χ1) is 8.50. The van der Waals surface area contributed by atoms with E-state index in [2.05, 4.69) is 26.1 Å². The van der Waals surface area contributed by atoms with Crippen LogP contribution in [-0.4, -0.2) is 36.1 Å². The van der Waals surface area contributed by atoms with Crippen LogP contribution in [0.25, 0.3) is 0 Å². The van der Waals surface area contributed by atoms with E-state index in [1.54, 1.807) is 0 Å². The number of amides is 2. The summed E-state index contributed by atoms with van der Waals surface area (Å²) in [4.78, 5) is 14.4. The smallest absolute Gasteiger partial charge is 0.317 e. The average Bonchev–Trinajstić information content (AvgIpc) is 2.86. The van der Waals surface area contributed by atoms with Crippen molar-refractivity contribution in [2.24, 2.45) is 17.1 Å². The lowest BCUT2D eigenvalue weighted by molar-refractivity contribution is 0.168. The van der Waals surface area contributed by atoms with Crippen LogP contribution in [-0.2, 0) is 0 Å². The molecule has 1 unspecified atom stereocenters. The van der Waals surface area contributed by atoms with Crippen molar-refractivity contribution in [3.8, 4) is 0 Å². The molecule has 0 aromatic heterocycles. The molecule has 2 aliphatic rings. The lowest BCUT2D eigenvalue weighted by Crippen LogP contribution is -2.49. The Kier molecular flexibility index (Phi) is 3.85. The first kappa shape index (κ1) is 13.7. The van der Waals surface area contributed by atoms with Gasteiger partial charge in [0.05, 0.1) is 0 Å². The van der Waals surface area contributed by atoms with Crippen LogP contribution < -0.4 is 11.1 Å². The van der Waals surface area contributed by atoms with Crippen molar-refractivity contribution in [3.05, 3.63) is 0 Å². The summed E-state index contributed by atoms with van der Waals surface area (Å²) in [5.74, 6) is 0.472. The molecule has 0 spiro atoms. The van der Waals surface area contributed by atoms with E-state index in [0.29, 0.717) is 12.0 Å². The van der Waals surface area contributed by atoms with Crippen molar-refractivity contribution in [3.63, 3.8) is 0 Å². The molecule has 4 nitrogen and oxygen atoms in total. The van der Waals surface area contributed by atoms with Crippen molar-refractivity contribution in [1.82, 2.24) is 10.2 Å². The summed E-state index contributed by atoms with van der Waals surface area (Å²) in [5.41, 5.74) is 6.18. The summed E-state index contributed by atoms with van der Waals surface area (Å²) in [5, 5.41) is 3.12. The Hall–Kier alpha value is -0.770. The van der Waals surface area contributed by atoms with Crippen LogP contribution in [0.1, 0.15) is 46.5 Å². The quantitative estimate of drug-likeness (QED) is 0.807. The highest BCUT2D eigenvalue weighted by Gasteiger charge is 2.50. The first-order valence-corrected chi connectivity index (χ1v) is 7.27. The highest BCUT2D eigenvalue weighted by molar-refractivity contribution is 5.75. The predicted molar refractivity (Wildman–Crippen MR) is 73.3 cm³/mol. The Labute approximate surface area is 110 Å². The molecule has 1 heterocycles. The molecule has 3 N–H and O–H groups in total. The zero-order chi connectivity index (χ0) is 13.3. The van der Waals surface area contributed by atoms with Crippen LogP contribution >= 0.6 is 0 Å². The van der Waals surface area contributed by atoms with E-state index in [9.17, 15) is 4.79 Å². The standard InChI is InChI=1S/C14H27N3O/c1-10(2)11(3)16-13(18)17-8-7-14(9-15)6-4-5-12(14)17/h10-12H,4-9,15H2,1-3H3,(H,16,18)/t11?,12-,14-/m1/s1. The van der Waals surface area contributed by atoms with E-state index >= 15 is 0 Å². The Balaban J connectivity index is 2.00. The van der Waals surface area contributed by atoms with Crippen molar-refractivity contribution in [2.45, 2.75) is 58.5 Å². The van der Waals surface area contributed by atoms with Gasteiger partial charge in [-0.3, -0.25) is 0 Å². The summed E-state index contributed by atoms with van der Waals surface area (Å²) in [7, 11) is 0. The maximum atomic E-state index is 12.3. The highest BCUT2D eigenvalue weighted by atomic mass is 16.2. The van der Waals surface area contributed by atoms with Crippen LogP contribution in [0.3, 0.4) is 0 Å². The number of carbonyl (C=O) groups is 1. The molecular weight excluding hydrogens is 226 g/mol. The van der Waals surface area contributed by atoms with E-state index in [1.807, 2.05) is 4.90 Å². The lowest BCUT2D eigenvalue weighted by Gasteiger charge is -2.32. The van der Waals surface area contributed by atoms with Gasteiger partial charge in [0.1, 0.15) is 0 Å². The van der Waals surface area contributed by atoms with Gasteiger partial charge >= 0.3 is 6.03 Å². The minimum atomic E-state index is 0.110. The van der Waals surface area contributed by atoms with Gasteiger partial charge in [0.15, 0.2) is 0 Å². The number of carbonyl (C=O) groups excluding carboxylic acids is 1. The fourth-order valence-electron chi connectivity index (χ4n) is 3.42. The number of nitrogens with one attached hydrogen (secondary N) is 1. The van der Waals surface area contributed by atoms with E-state index < -0.39 is 0 Å². The van der Waals surface area contributed by atoms with Crippen molar-refractivity contribution in [2.75, 3.05) is 13.1 Å². The first-order valence-electron chi connectivity index (χ1n) is 7.27. The van der Waals surface area contributed by atoms with E-state index in [1.165, 1.54) is 12.8 Å². The molecule has 0 aromatic rings.